The number of nitrogens with zero attached hydrogens (tertiary/aromatic N) is 3. The van der Waals surface area contributed by atoms with E-state index in [1.807, 2.05) is 25.1 Å². The van der Waals surface area contributed by atoms with E-state index < -0.39 is 0 Å². The van der Waals surface area contributed by atoms with Gasteiger partial charge in [-0.05, 0) is 37.6 Å². The average molecular weight is 242 g/mol. The molecule has 0 saturated carbocycles. The van der Waals surface area contributed by atoms with Gasteiger partial charge >= 0.3 is 0 Å². The van der Waals surface area contributed by atoms with Crippen molar-refractivity contribution in [3.63, 3.8) is 0 Å². The van der Waals surface area contributed by atoms with E-state index in [1.54, 1.807) is 6.92 Å². The molecule has 1 aromatic heterocycles. The Hall–Kier alpha value is -2.35. The van der Waals surface area contributed by atoms with Gasteiger partial charge in [0, 0.05) is 18.7 Å². The van der Waals surface area contributed by atoms with E-state index in [9.17, 15) is 0 Å². The molecule has 1 heterocycles. The van der Waals surface area contributed by atoms with Crippen LogP contribution in [0.3, 0.4) is 0 Å². The van der Waals surface area contributed by atoms with Gasteiger partial charge in [0.15, 0.2) is 5.82 Å². The minimum absolute atomic E-state index is 0.630. The first-order valence-electron chi connectivity index (χ1n) is 5.73. The average Bonchev–Trinajstić information content (AvgIpc) is 2.75. The zero-order valence-electron chi connectivity index (χ0n) is 10.4. The zero-order valence-corrected chi connectivity index (χ0v) is 10.4. The first-order valence-corrected chi connectivity index (χ1v) is 5.73. The van der Waals surface area contributed by atoms with Crippen molar-refractivity contribution in [2.45, 2.75) is 20.3 Å². The predicted octanol–water partition coefficient (Wildman–Crippen LogP) is 2.21. The lowest BCUT2D eigenvalue weighted by Gasteiger charge is -2.06. The lowest BCUT2D eigenvalue weighted by atomic mass is 10.1. The van der Waals surface area contributed by atoms with Gasteiger partial charge in [0.1, 0.15) is 0 Å². The van der Waals surface area contributed by atoms with E-state index in [2.05, 4.69) is 21.5 Å². The number of nitriles is 1. The van der Waals surface area contributed by atoms with Crippen molar-refractivity contribution >= 4 is 5.69 Å². The summed E-state index contributed by atoms with van der Waals surface area (Å²) in [6.07, 6.45) is 0.680. The third-order valence-electron chi connectivity index (χ3n) is 2.58. The minimum Gasteiger partial charge on any atom is -0.385 e. The molecule has 5 heteroatoms. The normalized spacial score (nSPS) is 10.1. The van der Waals surface area contributed by atoms with Crippen molar-refractivity contribution in [2.24, 2.45) is 0 Å². The molecule has 0 aliphatic carbocycles. The van der Waals surface area contributed by atoms with Crippen LogP contribution in [0.1, 0.15) is 22.8 Å². The molecule has 0 spiro atoms. The van der Waals surface area contributed by atoms with Crippen LogP contribution < -0.4 is 5.32 Å². The molecule has 0 radical (unpaired) electrons. The first kappa shape index (κ1) is 12.1. The molecule has 18 heavy (non-hydrogen) atoms. The molecule has 2 rings (SSSR count). The van der Waals surface area contributed by atoms with Crippen LogP contribution in [0.4, 0.5) is 5.69 Å². The molecular formula is C13H14N4O. The quantitative estimate of drug-likeness (QED) is 0.889. The van der Waals surface area contributed by atoms with Crippen LogP contribution in [0.25, 0.3) is 0 Å². The van der Waals surface area contributed by atoms with Crippen LogP contribution >= 0.6 is 0 Å². The fourth-order valence-electron chi connectivity index (χ4n) is 1.65. The van der Waals surface area contributed by atoms with Crippen molar-refractivity contribution < 1.29 is 4.52 Å². The number of hydrogen-bond acceptors (Lipinski definition) is 5. The lowest BCUT2D eigenvalue weighted by molar-refractivity contribution is 0.377. The van der Waals surface area contributed by atoms with E-state index in [1.165, 1.54) is 0 Å². The first-order chi connectivity index (χ1) is 8.69. The van der Waals surface area contributed by atoms with Gasteiger partial charge in [0.2, 0.25) is 5.89 Å². The molecular weight excluding hydrogens is 228 g/mol. The number of anilines is 1. The maximum Gasteiger partial charge on any atom is 0.228 e. The van der Waals surface area contributed by atoms with Crippen LogP contribution in [-0.2, 0) is 6.42 Å². The Morgan fingerprint density at radius 1 is 1.39 bits per heavy atom. The van der Waals surface area contributed by atoms with Crippen molar-refractivity contribution in [1.82, 2.24) is 10.1 Å². The number of hydrogen-bond donors (Lipinski definition) is 1. The van der Waals surface area contributed by atoms with Crippen molar-refractivity contribution in [2.75, 3.05) is 11.9 Å². The molecule has 0 unspecified atom stereocenters. The molecule has 2 aromatic rings. The highest BCUT2D eigenvalue weighted by atomic mass is 16.5. The Balaban J connectivity index is 1.91. The summed E-state index contributed by atoms with van der Waals surface area (Å²) < 4.78 is 5.02. The molecule has 0 bridgehead atoms. The molecule has 0 fully saturated rings. The highest BCUT2D eigenvalue weighted by Crippen LogP contribution is 2.14. The van der Waals surface area contributed by atoms with E-state index in [-0.39, 0.29) is 0 Å². The second-order valence-corrected chi connectivity index (χ2v) is 4.05. The fourth-order valence-corrected chi connectivity index (χ4v) is 1.65. The number of aryl methyl sites for hydroxylation is 2. The van der Waals surface area contributed by atoms with Gasteiger partial charge in [0.05, 0.1) is 11.6 Å². The third kappa shape index (κ3) is 2.86. The Morgan fingerprint density at radius 2 is 2.22 bits per heavy atom. The monoisotopic (exact) mass is 242 g/mol. The molecule has 0 saturated heterocycles. The maximum absolute atomic E-state index is 8.84. The summed E-state index contributed by atoms with van der Waals surface area (Å²) in [7, 11) is 0. The Kier molecular flexibility index (Phi) is 3.58. The molecule has 5 nitrogen and oxygen atoms in total. The minimum atomic E-state index is 0.630. The summed E-state index contributed by atoms with van der Waals surface area (Å²) in [6, 6.07) is 7.81. The van der Waals surface area contributed by atoms with E-state index in [0.29, 0.717) is 30.2 Å². The molecule has 0 aliphatic rings. The highest BCUT2D eigenvalue weighted by Gasteiger charge is 2.03. The van der Waals surface area contributed by atoms with Crippen LogP contribution in [0.5, 0.6) is 0 Å². The van der Waals surface area contributed by atoms with Gasteiger partial charge in [-0.3, -0.25) is 0 Å². The van der Waals surface area contributed by atoms with Gasteiger partial charge in [-0.2, -0.15) is 10.2 Å². The summed E-state index contributed by atoms with van der Waals surface area (Å²) >= 11 is 0. The molecule has 1 N–H and O–H groups in total. The maximum atomic E-state index is 8.84. The fraction of sp³-hybridized carbons (Fsp3) is 0.308. The summed E-state index contributed by atoms with van der Waals surface area (Å²) in [6.45, 7) is 4.43. The number of nitrogens with one attached hydrogen (secondary N) is 1. The molecule has 92 valence electrons. The van der Waals surface area contributed by atoms with Gasteiger partial charge < -0.3 is 9.84 Å². The van der Waals surface area contributed by atoms with Crippen molar-refractivity contribution in [1.29, 1.82) is 5.26 Å². The molecule has 0 atom stereocenters. The number of aromatic nitrogens is 2. The SMILES string of the molecule is Cc1noc(CCNc2ccc(C#N)c(C)c2)n1. The van der Waals surface area contributed by atoms with Crippen LogP contribution in [0.15, 0.2) is 22.7 Å². The van der Waals surface area contributed by atoms with Crippen LogP contribution in [0.2, 0.25) is 0 Å². The summed E-state index contributed by atoms with van der Waals surface area (Å²) in [5, 5.41) is 15.8. The standard InChI is InChI=1S/C13H14N4O/c1-9-7-12(4-3-11(9)8-14)15-6-5-13-16-10(2)17-18-13/h3-4,7,15H,5-6H2,1-2H3. The predicted molar refractivity (Wildman–Crippen MR) is 67.1 cm³/mol. The van der Waals surface area contributed by atoms with Gasteiger partial charge in [-0.1, -0.05) is 5.16 Å². The van der Waals surface area contributed by atoms with Crippen LogP contribution in [-0.4, -0.2) is 16.7 Å². The molecule has 0 aliphatic heterocycles. The Bertz CT molecular complexity index is 583. The Labute approximate surface area is 105 Å². The number of benzene rings is 1. The summed E-state index contributed by atoms with van der Waals surface area (Å²) in [4.78, 5) is 4.13. The van der Waals surface area contributed by atoms with Gasteiger partial charge in [-0.25, -0.2) is 0 Å². The number of rotatable bonds is 4. The highest BCUT2D eigenvalue weighted by molar-refractivity contribution is 5.51. The van der Waals surface area contributed by atoms with Crippen molar-refractivity contribution in [3.05, 3.63) is 41.0 Å². The zero-order chi connectivity index (χ0) is 13.0. The van der Waals surface area contributed by atoms with Gasteiger partial charge in [0.25, 0.3) is 0 Å². The topological polar surface area (TPSA) is 74.7 Å². The van der Waals surface area contributed by atoms with E-state index in [4.69, 9.17) is 9.78 Å². The summed E-state index contributed by atoms with van der Waals surface area (Å²) in [5.41, 5.74) is 2.66. The summed E-state index contributed by atoms with van der Waals surface area (Å²) in [5.74, 6) is 1.28. The van der Waals surface area contributed by atoms with Gasteiger partial charge in [-0.15, -0.1) is 0 Å². The second kappa shape index (κ2) is 5.32. The van der Waals surface area contributed by atoms with Crippen molar-refractivity contribution in [3.8, 4) is 6.07 Å². The van der Waals surface area contributed by atoms with E-state index in [0.717, 1.165) is 11.3 Å². The largest absolute Gasteiger partial charge is 0.385 e. The smallest absolute Gasteiger partial charge is 0.228 e. The molecule has 1 aromatic carbocycles. The lowest BCUT2D eigenvalue weighted by Crippen LogP contribution is -2.05. The third-order valence-corrected chi connectivity index (χ3v) is 2.58. The van der Waals surface area contributed by atoms with E-state index >= 15 is 0 Å². The molecule has 0 amide bonds. The second-order valence-electron chi connectivity index (χ2n) is 4.05. The Morgan fingerprint density at radius 3 is 2.83 bits per heavy atom. The van der Waals surface area contributed by atoms with Crippen LogP contribution in [0, 0.1) is 25.2 Å².